The van der Waals surface area contributed by atoms with Gasteiger partial charge in [-0.15, -0.1) is 0 Å². The Morgan fingerprint density at radius 1 is 1.22 bits per heavy atom. The number of amides is 1. The third-order valence-corrected chi connectivity index (χ3v) is 4.68. The zero-order valence-electron chi connectivity index (χ0n) is 13.1. The van der Waals surface area contributed by atoms with Crippen molar-refractivity contribution in [3.63, 3.8) is 0 Å². The number of rotatable bonds is 6. The van der Waals surface area contributed by atoms with Crippen LogP contribution in [0.15, 0.2) is 34.8 Å². The first-order chi connectivity index (χ1) is 11.1. The van der Waals surface area contributed by atoms with Gasteiger partial charge in [-0.2, -0.15) is 0 Å². The van der Waals surface area contributed by atoms with E-state index in [1.165, 1.54) is 38.2 Å². The highest BCUT2D eigenvalue weighted by Crippen LogP contribution is 2.22. The SMILES string of the molecule is O=C(COC(=O)/C=C/c1ccccc1Br)NCC1CCCCC1. The lowest BCUT2D eigenvalue weighted by Gasteiger charge is -2.21. The Hall–Kier alpha value is -1.62. The van der Waals surface area contributed by atoms with Gasteiger partial charge in [-0.3, -0.25) is 4.79 Å². The zero-order chi connectivity index (χ0) is 16.5. The van der Waals surface area contributed by atoms with Crippen molar-refractivity contribution in [2.45, 2.75) is 32.1 Å². The second kappa shape index (κ2) is 9.50. The normalized spacial score (nSPS) is 15.5. The molecule has 0 atom stereocenters. The largest absolute Gasteiger partial charge is 0.452 e. The van der Waals surface area contributed by atoms with Crippen molar-refractivity contribution in [2.75, 3.05) is 13.2 Å². The molecule has 4 nitrogen and oxygen atoms in total. The fraction of sp³-hybridized carbons (Fsp3) is 0.444. The monoisotopic (exact) mass is 379 g/mol. The van der Waals surface area contributed by atoms with Gasteiger partial charge in [0.15, 0.2) is 6.61 Å². The van der Waals surface area contributed by atoms with E-state index in [1.807, 2.05) is 24.3 Å². The molecule has 1 aromatic rings. The highest BCUT2D eigenvalue weighted by molar-refractivity contribution is 9.10. The molecule has 0 heterocycles. The molecule has 1 N–H and O–H groups in total. The highest BCUT2D eigenvalue weighted by atomic mass is 79.9. The van der Waals surface area contributed by atoms with Gasteiger partial charge in [0.05, 0.1) is 0 Å². The Morgan fingerprint density at radius 3 is 2.70 bits per heavy atom. The molecule has 124 valence electrons. The predicted octanol–water partition coefficient (Wildman–Crippen LogP) is 3.70. The molecule has 1 fully saturated rings. The van der Waals surface area contributed by atoms with Crippen molar-refractivity contribution >= 4 is 33.9 Å². The maximum atomic E-state index is 11.7. The molecule has 1 aliphatic carbocycles. The van der Waals surface area contributed by atoms with Crippen LogP contribution in [0, 0.1) is 5.92 Å². The van der Waals surface area contributed by atoms with E-state index in [2.05, 4.69) is 21.2 Å². The summed E-state index contributed by atoms with van der Waals surface area (Å²) in [5.74, 6) is -0.189. The van der Waals surface area contributed by atoms with Crippen molar-refractivity contribution in [2.24, 2.45) is 5.92 Å². The Kier molecular flexibility index (Phi) is 7.33. The Balaban J connectivity index is 1.67. The summed E-state index contributed by atoms with van der Waals surface area (Å²) in [4.78, 5) is 23.3. The lowest BCUT2D eigenvalue weighted by atomic mass is 9.89. The Morgan fingerprint density at radius 2 is 1.96 bits per heavy atom. The van der Waals surface area contributed by atoms with Crippen LogP contribution in [0.3, 0.4) is 0 Å². The van der Waals surface area contributed by atoms with E-state index in [0.717, 1.165) is 10.0 Å². The number of esters is 1. The van der Waals surface area contributed by atoms with Crippen LogP contribution in [-0.4, -0.2) is 25.0 Å². The minimum Gasteiger partial charge on any atom is -0.452 e. The summed E-state index contributed by atoms with van der Waals surface area (Å²) in [6.07, 6.45) is 9.13. The fourth-order valence-electron chi connectivity index (χ4n) is 2.65. The van der Waals surface area contributed by atoms with Crippen LogP contribution in [0.2, 0.25) is 0 Å². The fourth-order valence-corrected chi connectivity index (χ4v) is 3.07. The van der Waals surface area contributed by atoms with Crippen LogP contribution >= 0.6 is 15.9 Å². The first kappa shape index (κ1) is 17.7. The second-order valence-electron chi connectivity index (χ2n) is 5.77. The van der Waals surface area contributed by atoms with Crippen LogP contribution in [0.4, 0.5) is 0 Å². The molecule has 23 heavy (non-hydrogen) atoms. The number of nitrogens with one attached hydrogen (secondary N) is 1. The first-order valence-electron chi connectivity index (χ1n) is 8.01. The van der Waals surface area contributed by atoms with Gasteiger partial charge < -0.3 is 10.1 Å². The molecule has 5 heteroatoms. The molecule has 0 unspecified atom stereocenters. The minimum atomic E-state index is -0.520. The van der Waals surface area contributed by atoms with Crippen molar-refractivity contribution in [1.82, 2.24) is 5.32 Å². The number of carbonyl (C=O) groups excluding carboxylic acids is 2. The summed E-state index contributed by atoms with van der Waals surface area (Å²) in [5, 5.41) is 2.84. The highest BCUT2D eigenvalue weighted by Gasteiger charge is 2.14. The second-order valence-corrected chi connectivity index (χ2v) is 6.63. The number of halogens is 1. The van der Waals surface area contributed by atoms with Crippen LogP contribution in [0.25, 0.3) is 6.08 Å². The van der Waals surface area contributed by atoms with E-state index in [1.54, 1.807) is 6.08 Å². The molecule has 2 rings (SSSR count). The van der Waals surface area contributed by atoms with Gasteiger partial charge in [0.1, 0.15) is 0 Å². The molecular formula is C18H22BrNO3. The van der Waals surface area contributed by atoms with Gasteiger partial charge in [0.25, 0.3) is 5.91 Å². The third kappa shape index (κ3) is 6.57. The summed E-state index contributed by atoms with van der Waals surface area (Å²) in [5.41, 5.74) is 0.881. The summed E-state index contributed by atoms with van der Waals surface area (Å²) < 4.78 is 5.85. The Labute approximate surface area is 145 Å². The smallest absolute Gasteiger partial charge is 0.331 e. The predicted molar refractivity (Wildman–Crippen MR) is 93.7 cm³/mol. The van der Waals surface area contributed by atoms with Crippen molar-refractivity contribution in [3.05, 3.63) is 40.4 Å². The van der Waals surface area contributed by atoms with E-state index in [4.69, 9.17) is 4.74 Å². The van der Waals surface area contributed by atoms with E-state index >= 15 is 0 Å². The van der Waals surface area contributed by atoms with Gasteiger partial charge in [-0.1, -0.05) is 53.4 Å². The van der Waals surface area contributed by atoms with Gasteiger partial charge in [-0.05, 0) is 36.5 Å². The molecular weight excluding hydrogens is 358 g/mol. The minimum absolute atomic E-state index is 0.230. The van der Waals surface area contributed by atoms with E-state index < -0.39 is 5.97 Å². The number of ether oxygens (including phenoxy) is 1. The molecule has 1 saturated carbocycles. The molecule has 0 aromatic heterocycles. The number of hydrogen-bond donors (Lipinski definition) is 1. The van der Waals surface area contributed by atoms with Gasteiger partial charge >= 0.3 is 5.97 Å². The quantitative estimate of drug-likeness (QED) is 0.605. The van der Waals surface area contributed by atoms with Crippen LogP contribution in [-0.2, 0) is 14.3 Å². The summed E-state index contributed by atoms with van der Waals surface area (Å²) in [7, 11) is 0. The lowest BCUT2D eigenvalue weighted by molar-refractivity contribution is -0.143. The molecule has 0 spiro atoms. The maximum Gasteiger partial charge on any atom is 0.331 e. The van der Waals surface area contributed by atoms with E-state index in [-0.39, 0.29) is 12.5 Å². The molecule has 1 aliphatic rings. The van der Waals surface area contributed by atoms with Crippen molar-refractivity contribution in [1.29, 1.82) is 0 Å². The zero-order valence-corrected chi connectivity index (χ0v) is 14.7. The van der Waals surface area contributed by atoms with Gasteiger partial charge in [0, 0.05) is 17.1 Å². The average molecular weight is 380 g/mol. The van der Waals surface area contributed by atoms with E-state index in [9.17, 15) is 9.59 Å². The topological polar surface area (TPSA) is 55.4 Å². The molecule has 1 aromatic carbocycles. The molecule has 0 radical (unpaired) electrons. The molecule has 0 bridgehead atoms. The van der Waals surface area contributed by atoms with Crippen LogP contribution in [0.5, 0.6) is 0 Å². The van der Waals surface area contributed by atoms with E-state index in [0.29, 0.717) is 12.5 Å². The number of hydrogen-bond acceptors (Lipinski definition) is 3. The van der Waals surface area contributed by atoms with Gasteiger partial charge in [0.2, 0.25) is 0 Å². The van der Waals surface area contributed by atoms with Gasteiger partial charge in [-0.25, -0.2) is 4.79 Å². The average Bonchev–Trinajstić information content (AvgIpc) is 2.58. The first-order valence-corrected chi connectivity index (χ1v) is 8.80. The van der Waals surface area contributed by atoms with Crippen molar-refractivity contribution in [3.8, 4) is 0 Å². The van der Waals surface area contributed by atoms with Crippen LogP contribution < -0.4 is 5.32 Å². The lowest BCUT2D eigenvalue weighted by Crippen LogP contribution is -2.33. The number of benzene rings is 1. The molecule has 0 saturated heterocycles. The van der Waals surface area contributed by atoms with Crippen molar-refractivity contribution < 1.29 is 14.3 Å². The summed E-state index contributed by atoms with van der Waals surface area (Å²) in [6.45, 7) is 0.453. The standard InChI is InChI=1S/C18H22BrNO3/c19-16-9-5-4-8-15(16)10-11-18(22)23-13-17(21)20-12-14-6-2-1-3-7-14/h4-5,8-11,14H,1-3,6-7,12-13H2,(H,20,21)/b11-10+. The molecule has 0 aliphatic heterocycles. The number of carbonyl (C=O) groups is 2. The summed E-state index contributed by atoms with van der Waals surface area (Å²) in [6, 6.07) is 7.55. The molecule has 1 amide bonds. The Bertz CT molecular complexity index is 565. The summed E-state index contributed by atoms with van der Waals surface area (Å²) >= 11 is 3.40. The van der Waals surface area contributed by atoms with Crippen LogP contribution in [0.1, 0.15) is 37.7 Å². The third-order valence-electron chi connectivity index (χ3n) is 3.96. The maximum absolute atomic E-state index is 11.7.